The van der Waals surface area contributed by atoms with E-state index in [0.29, 0.717) is 12.1 Å². The molecule has 89 valence electrons. The molecular formula is C11H11Al2N2O3. The minimum Gasteiger partial charge on any atom is -0.465 e. The molecule has 0 saturated heterocycles. The number of nitrogens with one attached hydrogen (secondary N) is 1. The maximum Gasteiger partial charge on any atom is 0.381 e. The Labute approximate surface area is 120 Å². The zero-order valence-corrected chi connectivity index (χ0v) is 12.5. The maximum atomic E-state index is 11.8. The van der Waals surface area contributed by atoms with Crippen molar-refractivity contribution in [3.05, 3.63) is 23.3 Å². The van der Waals surface area contributed by atoms with Crippen LogP contribution in [0.2, 0.25) is 5.79 Å². The standard InChI is InChI=1S/C10H9N2O3.CH3.2Al/c1-15-9(13)6-2-3-7-5-11-10(14)12-8(7)4-6;;;/h2,4H,5H2,1H3,(H2,11,12,14);1H3;;/q;;;+1/p-1. The van der Waals surface area contributed by atoms with Crippen molar-refractivity contribution in [1.82, 2.24) is 5.32 Å². The van der Waals surface area contributed by atoms with Gasteiger partial charge in [0, 0.05) is 12.2 Å². The molecule has 0 unspecified atom stereocenters. The van der Waals surface area contributed by atoms with Crippen LogP contribution in [0.4, 0.5) is 10.5 Å². The summed E-state index contributed by atoms with van der Waals surface area (Å²) >= 11 is 2.41. The van der Waals surface area contributed by atoms with Crippen LogP contribution in [-0.4, -0.2) is 50.8 Å². The minimum atomic E-state index is -0.390. The molecule has 1 aromatic carbocycles. The van der Waals surface area contributed by atoms with Gasteiger partial charge in [-0.25, -0.2) is 4.79 Å². The lowest BCUT2D eigenvalue weighted by molar-refractivity contribution is 0.0601. The van der Waals surface area contributed by atoms with E-state index in [1.165, 1.54) is 7.11 Å². The second-order valence-corrected chi connectivity index (χ2v) is 5.50. The third kappa shape index (κ3) is 2.28. The Bertz CT molecular complexity index is 519. The van der Waals surface area contributed by atoms with E-state index in [0.717, 1.165) is 15.7 Å². The number of hydrogen-bond acceptors (Lipinski definition) is 3. The highest BCUT2D eigenvalue weighted by Crippen LogP contribution is 2.24. The molecule has 1 aliphatic rings. The predicted molar refractivity (Wildman–Crippen MR) is 69.5 cm³/mol. The number of urea groups is 1. The van der Waals surface area contributed by atoms with Gasteiger partial charge in [0.05, 0.1) is 12.7 Å². The monoisotopic (exact) mass is 273 g/mol. The number of amides is 2. The van der Waals surface area contributed by atoms with Crippen LogP contribution in [0.3, 0.4) is 0 Å². The topological polar surface area (TPSA) is 58.6 Å². The van der Waals surface area contributed by atoms with Crippen molar-refractivity contribution in [3.8, 4) is 0 Å². The molecule has 2 amide bonds. The fourth-order valence-electron chi connectivity index (χ4n) is 1.94. The zero-order valence-electron chi connectivity index (χ0n) is 10.2. The molecule has 7 heteroatoms. The molecule has 1 N–H and O–H groups in total. The molecule has 0 spiro atoms. The third-order valence-corrected chi connectivity index (χ3v) is 4.38. The van der Waals surface area contributed by atoms with E-state index in [1.54, 1.807) is 16.0 Å². The van der Waals surface area contributed by atoms with Gasteiger partial charge in [0.2, 0.25) is 0 Å². The summed E-state index contributed by atoms with van der Waals surface area (Å²) in [7, 11) is 1.35. The number of hydrogen-bond donors (Lipinski definition) is 1. The van der Waals surface area contributed by atoms with Gasteiger partial charge in [0.25, 0.3) is 6.03 Å². The average Bonchev–Trinajstić information content (AvgIpc) is 2.37. The van der Waals surface area contributed by atoms with Crippen molar-refractivity contribution < 1.29 is 14.3 Å². The van der Waals surface area contributed by atoms with Crippen LogP contribution < -0.4 is 13.6 Å². The van der Waals surface area contributed by atoms with Crippen LogP contribution in [0.25, 0.3) is 0 Å². The fourth-order valence-corrected chi connectivity index (χ4v) is 3.20. The molecule has 2 rings (SSSR count). The zero-order chi connectivity index (χ0) is 13.3. The van der Waals surface area contributed by atoms with Gasteiger partial charge in [-0.1, -0.05) is 11.9 Å². The van der Waals surface area contributed by atoms with E-state index in [4.69, 9.17) is 4.74 Å². The number of benzene rings is 1. The first-order valence-corrected chi connectivity index (χ1v) is 7.70. The summed E-state index contributed by atoms with van der Waals surface area (Å²) in [5.41, 5.74) is 2.31. The maximum absolute atomic E-state index is 11.8. The summed E-state index contributed by atoms with van der Waals surface area (Å²) in [4.78, 5) is 23.3. The highest BCUT2D eigenvalue weighted by atomic mass is 27.1. The van der Waals surface area contributed by atoms with Gasteiger partial charge >= 0.3 is 21.4 Å². The Morgan fingerprint density at radius 3 is 2.89 bits per heavy atom. The van der Waals surface area contributed by atoms with Crippen LogP contribution in [0.5, 0.6) is 0 Å². The Hall–Kier alpha value is -0.975. The normalized spacial score (nSPS) is 13.7. The molecule has 1 aromatic rings. The van der Waals surface area contributed by atoms with Gasteiger partial charge < -0.3 is 13.9 Å². The highest BCUT2D eigenvalue weighted by molar-refractivity contribution is 6.48. The van der Waals surface area contributed by atoms with E-state index in [2.05, 4.69) is 21.6 Å². The van der Waals surface area contributed by atoms with Crippen molar-refractivity contribution in [1.29, 1.82) is 0 Å². The first-order chi connectivity index (χ1) is 8.58. The molecule has 18 heavy (non-hydrogen) atoms. The first kappa shape index (κ1) is 13.5. The van der Waals surface area contributed by atoms with Crippen molar-refractivity contribution in [2.24, 2.45) is 0 Å². The number of carbonyl (C=O) groups is 2. The Morgan fingerprint density at radius 2 is 2.28 bits per heavy atom. The van der Waals surface area contributed by atoms with Gasteiger partial charge in [-0.05, 0) is 11.6 Å². The number of carbonyl (C=O) groups excluding carboxylic acids is 2. The number of fused-ring (bicyclic) bond motifs is 1. The van der Waals surface area contributed by atoms with Gasteiger partial charge in [0.1, 0.15) is 0 Å². The molecule has 0 fully saturated rings. The van der Waals surface area contributed by atoms with Crippen molar-refractivity contribution >= 4 is 53.8 Å². The Balaban J connectivity index is 2.55. The molecule has 0 atom stereocenters. The molecule has 5 nitrogen and oxygen atoms in total. The summed E-state index contributed by atoms with van der Waals surface area (Å²) in [6, 6.07) is 3.38. The van der Waals surface area contributed by atoms with E-state index in [-0.39, 0.29) is 21.5 Å². The second kappa shape index (κ2) is 5.34. The van der Waals surface area contributed by atoms with Crippen LogP contribution in [-0.2, 0) is 11.3 Å². The number of rotatable bonds is 2. The Morgan fingerprint density at radius 1 is 1.56 bits per heavy atom. The van der Waals surface area contributed by atoms with Crippen LogP contribution in [0.1, 0.15) is 15.9 Å². The van der Waals surface area contributed by atoms with E-state index >= 15 is 0 Å². The van der Waals surface area contributed by atoms with E-state index in [1.807, 2.05) is 5.79 Å². The number of ether oxygens (including phenoxy) is 1. The molecule has 1 aliphatic heterocycles. The lowest BCUT2D eigenvalue weighted by atomic mass is 10.1. The lowest BCUT2D eigenvalue weighted by Crippen LogP contribution is -2.47. The fraction of sp³-hybridized carbons (Fsp3) is 0.273. The Kier molecular flexibility index (Phi) is 3.99. The molecule has 0 bridgehead atoms. The second-order valence-electron chi connectivity index (χ2n) is 3.84. The SMILES string of the molecule is COC(=O)c1c[c]([Al])c2c(c1)[N]([Al][CH3])C(=O)NC2. The molecular weight excluding hydrogens is 262 g/mol. The van der Waals surface area contributed by atoms with E-state index < -0.39 is 5.97 Å². The van der Waals surface area contributed by atoms with Crippen molar-refractivity contribution in [2.45, 2.75) is 12.3 Å². The van der Waals surface area contributed by atoms with Crippen LogP contribution in [0, 0.1) is 0 Å². The van der Waals surface area contributed by atoms with Crippen LogP contribution in [0.15, 0.2) is 12.1 Å². The van der Waals surface area contributed by atoms with Gasteiger partial charge in [-0.2, -0.15) is 0 Å². The van der Waals surface area contributed by atoms with Gasteiger partial charge in [-0.15, -0.1) is 4.43 Å². The number of anilines is 1. The molecule has 3 radical (unpaired) electrons. The summed E-state index contributed by atoms with van der Waals surface area (Å²) in [6.45, 7) is 0.490. The smallest absolute Gasteiger partial charge is 0.381 e. The average molecular weight is 273 g/mol. The number of nitrogens with zero attached hydrogens (tertiary/aromatic N) is 1. The summed E-state index contributed by atoms with van der Waals surface area (Å²) in [5.74, 6) is 1.58. The van der Waals surface area contributed by atoms with Gasteiger partial charge in [-0.3, -0.25) is 4.79 Å². The summed E-state index contributed by atoms with van der Waals surface area (Å²) in [5, 5.41) is 2.82. The van der Waals surface area contributed by atoms with E-state index in [9.17, 15) is 9.59 Å². The summed E-state index contributed by atoms with van der Waals surface area (Å²) in [6.07, 6.45) is 0. The number of esters is 1. The largest absolute Gasteiger partial charge is 0.465 e. The van der Waals surface area contributed by atoms with Gasteiger partial charge in [0.15, 0.2) is 16.3 Å². The van der Waals surface area contributed by atoms with Crippen molar-refractivity contribution in [3.63, 3.8) is 0 Å². The lowest BCUT2D eigenvalue weighted by Gasteiger charge is -2.32. The van der Waals surface area contributed by atoms with Crippen LogP contribution >= 0.6 is 0 Å². The molecule has 1 heterocycles. The molecule has 0 saturated carbocycles. The highest BCUT2D eigenvalue weighted by Gasteiger charge is 2.24. The predicted octanol–water partition coefficient (Wildman–Crippen LogP) is -0.0361. The van der Waals surface area contributed by atoms with Crippen molar-refractivity contribution in [2.75, 3.05) is 11.0 Å². The number of methoxy groups -OCH3 is 1. The quantitative estimate of drug-likeness (QED) is 0.608. The third-order valence-electron chi connectivity index (χ3n) is 2.83. The minimum absolute atomic E-state index is 0.105. The first-order valence-electron chi connectivity index (χ1n) is 5.45. The summed E-state index contributed by atoms with van der Waals surface area (Å²) < 4.78 is 7.32. The molecule has 0 aliphatic carbocycles. The molecule has 0 aromatic heterocycles.